The summed E-state index contributed by atoms with van der Waals surface area (Å²) in [5, 5.41) is 3.47. The van der Waals surface area contributed by atoms with Crippen LogP contribution in [0.4, 0.5) is 5.82 Å². The van der Waals surface area contributed by atoms with Crippen LogP contribution in [-0.2, 0) is 0 Å². The Morgan fingerprint density at radius 3 is 2.79 bits per heavy atom. The van der Waals surface area contributed by atoms with E-state index in [2.05, 4.69) is 36.2 Å². The minimum absolute atomic E-state index is 0.291. The van der Waals surface area contributed by atoms with Crippen LogP contribution < -0.4 is 10.1 Å². The maximum absolute atomic E-state index is 5.73. The molecule has 2 rings (SSSR count). The maximum atomic E-state index is 5.73. The zero-order valence-electron chi connectivity index (χ0n) is 12.3. The van der Waals surface area contributed by atoms with Gasteiger partial charge in [-0.3, -0.25) is 0 Å². The number of hydrogen-bond acceptors (Lipinski definition) is 4. The molecule has 1 aromatic heterocycles. The smallest absolute Gasteiger partial charge is 0.168 e. The first-order valence-corrected chi connectivity index (χ1v) is 7.17. The molecule has 4 heteroatoms. The molecule has 1 heterocycles. The Bertz CT molecular complexity index is 402. The third kappa shape index (κ3) is 3.18. The van der Waals surface area contributed by atoms with E-state index in [1.807, 2.05) is 18.3 Å². The fourth-order valence-corrected chi connectivity index (χ4v) is 2.47. The number of ether oxygens (including phenoxy) is 1. The molecule has 0 bridgehead atoms. The summed E-state index contributed by atoms with van der Waals surface area (Å²) in [5.41, 5.74) is 0.291. The van der Waals surface area contributed by atoms with Gasteiger partial charge in [-0.25, -0.2) is 4.98 Å². The third-order valence-corrected chi connectivity index (χ3v) is 4.05. The van der Waals surface area contributed by atoms with Gasteiger partial charge in [0.05, 0.1) is 6.61 Å². The Hall–Kier alpha value is -1.29. The predicted octanol–water partition coefficient (Wildman–Crippen LogP) is 2.77. The van der Waals surface area contributed by atoms with Crippen molar-refractivity contribution in [1.82, 2.24) is 9.88 Å². The van der Waals surface area contributed by atoms with Crippen molar-refractivity contribution in [3.05, 3.63) is 18.3 Å². The highest BCUT2D eigenvalue weighted by Gasteiger charge is 2.38. The van der Waals surface area contributed by atoms with Crippen LogP contribution in [0.25, 0.3) is 0 Å². The molecule has 0 saturated heterocycles. The molecule has 0 amide bonds. The lowest BCUT2D eigenvalue weighted by Crippen LogP contribution is -2.54. The zero-order chi connectivity index (χ0) is 13.7. The fourth-order valence-electron chi connectivity index (χ4n) is 2.47. The van der Waals surface area contributed by atoms with Crippen molar-refractivity contribution in [3.63, 3.8) is 0 Å². The highest BCUT2D eigenvalue weighted by Crippen LogP contribution is 2.36. The summed E-state index contributed by atoms with van der Waals surface area (Å²) in [4.78, 5) is 6.73. The molecule has 0 aliphatic heterocycles. The van der Waals surface area contributed by atoms with E-state index < -0.39 is 0 Å². The highest BCUT2D eigenvalue weighted by atomic mass is 16.5. The number of aromatic nitrogens is 1. The Morgan fingerprint density at radius 2 is 2.21 bits per heavy atom. The first-order valence-electron chi connectivity index (χ1n) is 7.17. The number of pyridine rings is 1. The van der Waals surface area contributed by atoms with E-state index in [0.29, 0.717) is 5.54 Å². The number of nitrogens with one attached hydrogen (secondary N) is 1. The summed E-state index contributed by atoms with van der Waals surface area (Å²) in [6.45, 7) is 3.78. The summed E-state index contributed by atoms with van der Waals surface area (Å²) >= 11 is 0. The van der Waals surface area contributed by atoms with Crippen LogP contribution in [0.5, 0.6) is 5.75 Å². The molecule has 0 spiro atoms. The number of anilines is 1. The standard InChI is InChI=1S/C15H25N3O/c1-4-11-19-13-7-5-10-16-14(13)17-12-15(18(2)3)8-6-9-15/h5,7,10H,4,6,8-9,11-12H2,1-3H3,(H,16,17). The van der Waals surface area contributed by atoms with Gasteiger partial charge in [0.1, 0.15) is 0 Å². The van der Waals surface area contributed by atoms with E-state index in [1.54, 1.807) is 0 Å². The molecule has 0 unspecified atom stereocenters. The van der Waals surface area contributed by atoms with Crippen molar-refractivity contribution < 1.29 is 4.74 Å². The lowest BCUT2D eigenvalue weighted by atomic mass is 9.75. The van der Waals surface area contributed by atoms with Crippen molar-refractivity contribution in [3.8, 4) is 5.75 Å². The normalized spacial score (nSPS) is 17.1. The van der Waals surface area contributed by atoms with E-state index in [-0.39, 0.29) is 0 Å². The van der Waals surface area contributed by atoms with Gasteiger partial charge in [0.15, 0.2) is 11.6 Å². The van der Waals surface area contributed by atoms with E-state index in [0.717, 1.165) is 31.1 Å². The molecule has 1 N–H and O–H groups in total. The van der Waals surface area contributed by atoms with Gasteiger partial charge in [-0.2, -0.15) is 0 Å². The Kier molecular flexibility index (Phi) is 4.64. The maximum Gasteiger partial charge on any atom is 0.168 e. The first kappa shape index (κ1) is 14.1. The van der Waals surface area contributed by atoms with Crippen LogP contribution in [0.15, 0.2) is 18.3 Å². The Morgan fingerprint density at radius 1 is 1.42 bits per heavy atom. The van der Waals surface area contributed by atoms with Crippen molar-refractivity contribution >= 4 is 5.82 Å². The molecule has 4 nitrogen and oxygen atoms in total. The fraction of sp³-hybridized carbons (Fsp3) is 0.667. The van der Waals surface area contributed by atoms with Crippen LogP contribution in [0, 0.1) is 0 Å². The highest BCUT2D eigenvalue weighted by molar-refractivity contribution is 5.49. The lowest BCUT2D eigenvalue weighted by molar-refractivity contribution is 0.0737. The summed E-state index contributed by atoms with van der Waals surface area (Å²) < 4.78 is 5.73. The molecule has 19 heavy (non-hydrogen) atoms. The molecular formula is C15H25N3O. The molecule has 0 atom stereocenters. The van der Waals surface area contributed by atoms with Crippen molar-refractivity contribution in [1.29, 1.82) is 0 Å². The number of likely N-dealkylation sites (N-methyl/N-ethyl adjacent to an activating group) is 1. The second-order valence-corrected chi connectivity index (χ2v) is 5.52. The van der Waals surface area contributed by atoms with Crippen LogP contribution >= 0.6 is 0 Å². The van der Waals surface area contributed by atoms with Gasteiger partial charge < -0.3 is 15.0 Å². The lowest BCUT2D eigenvalue weighted by Gasteiger charge is -2.47. The Balaban J connectivity index is 1.98. The molecule has 1 aliphatic carbocycles. The molecule has 1 aromatic rings. The van der Waals surface area contributed by atoms with E-state index >= 15 is 0 Å². The molecule has 1 saturated carbocycles. The summed E-state index contributed by atoms with van der Waals surface area (Å²) in [5.74, 6) is 1.72. The van der Waals surface area contributed by atoms with Crippen molar-refractivity contribution in [2.45, 2.75) is 38.1 Å². The minimum Gasteiger partial charge on any atom is -0.490 e. The van der Waals surface area contributed by atoms with Crippen LogP contribution in [-0.4, -0.2) is 42.7 Å². The molecular weight excluding hydrogens is 238 g/mol. The molecule has 0 aromatic carbocycles. The Labute approximate surface area is 116 Å². The van der Waals surface area contributed by atoms with Crippen LogP contribution in [0.2, 0.25) is 0 Å². The van der Waals surface area contributed by atoms with Gasteiger partial charge in [0.2, 0.25) is 0 Å². The van der Waals surface area contributed by atoms with Gasteiger partial charge in [-0.15, -0.1) is 0 Å². The SMILES string of the molecule is CCCOc1cccnc1NCC1(N(C)C)CCC1. The predicted molar refractivity (Wildman–Crippen MR) is 78.8 cm³/mol. The average molecular weight is 263 g/mol. The van der Waals surface area contributed by atoms with Gasteiger partial charge in [0, 0.05) is 18.3 Å². The van der Waals surface area contributed by atoms with E-state index in [1.165, 1.54) is 19.3 Å². The largest absolute Gasteiger partial charge is 0.490 e. The summed E-state index contributed by atoms with van der Waals surface area (Å²) in [6, 6.07) is 3.90. The number of rotatable bonds is 7. The zero-order valence-corrected chi connectivity index (χ0v) is 12.3. The molecule has 0 radical (unpaired) electrons. The van der Waals surface area contributed by atoms with Crippen LogP contribution in [0.1, 0.15) is 32.6 Å². The van der Waals surface area contributed by atoms with Crippen molar-refractivity contribution in [2.24, 2.45) is 0 Å². The summed E-state index contributed by atoms with van der Waals surface area (Å²) in [7, 11) is 4.32. The van der Waals surface area contributed by atoms with Crippen LogP contribution in [0.3, 0.4) is 0 Å². The molecule has 1 fully saturated rings. The van der Waals surface area contributed by atoms with Gasteiger partial charge in [-0.1, -0.05) is 6.92 Å². The molecule has 1 aliphatic rings. The monoisotopic (exact) mass is 263 g/mol. The second kappa shape index (κ2) is 6.24. The third-order valence-electron chi connectivity index (χ3n) is 4.05. The first-order chi connectivity index (χ1) is 9.18. The van der Waals surface area contributed by atoms with Gasteiger partial charge in [-0.05, 0) is 51.9 Å². The average Bonchev–Trinajstić information content (AvgIpc) is 2.35. The van der Waals surface area contributed by atoms with E-state index in [4.69, 9.17) is 4.74 Å². The number of nitrogens with zero attached hydrogens (tertiary/aromatic N) is 2. The number of hydrogen-bond donors (Lipinski definition) is 1. The quantitative estimate of drug-likeness (QED) is 0.821. The minimum atomic E-state index is 0.291. The summed E-state index contributed by atoms with van der Waals surface area (Å²) in [6.07, 6.45) is 6.65. The van der Waals surface area contributed by atoms with E-state index in [9.17, 15) is 0 Å². The van der Waals surface area contributed by atoms with Gasteiger partial charge >= 0.3 is 0 Å². The molecule has 106 valence electrons. The van der Waals surface area contributed by atoms with Gasteiger partial charge in [0.25, 0.3) is 0 Å². The topological polar surface area (TPSA) is 37.4 Å². The van der Waals surface area contributed by atoms with Crippen molar-refractivity contribution in [2.75, 3.05) is 32.6 Å². The second-order valence-electron chi connectivity index (χ2n) is 5.52.